The van der Waals surface area contributed by atoms with Gasteiger partial charge in [0.05, 0.1) is 5.69 Å². The van der Waals surface area contributed by atoms with Gasteiger partial charge in [-0.1, -0.05) is 25.0 Å². The molecular weight excluding hydrogens is 306 g/mol. The minimum Gasteiger partial charge on any atom is -0.323 e. The van der Waals surface area contributed by atoms with Gasteiger partial charge in [-0.15, -0.1) is 11.8 Å². The van der Waals surface area contributed by atoms with Gasteiger partial charge < -0.3 is 10.2 Å². The maximum atomic E-state index is 12.6. The maximum Gasteiger partial charge on any atom is 0.321 e. The highest BCUT2D eigenvalue weighted by atomic mass is 32.2. The first-order valence-corrected chi connectivity index (χ1v) is 9.93. The predicted octanol–water partition coefficient (Wildman–Crippen LogP) is 3.89. The van der Waals surface area contributed by atoms with Gasteiger partial charge in [-0.25, -0.2) is 4.79 Å². The molecule has 4 nitrogen and oxygen atoms in total. The van der Waals surface area contributed by atoms with E-state index in [0.717, 1.165) is 49.2 Å². The van der Waals surface area contributed by atoms with Crippen LogP contribution >= 0.6 is 11.8 Å². The highest BCUT2D eigenvalue weighted by Gasteiger charge is 2.26. The number of para-hydroxylation sites is 1. The Morgan fingerprint density at radius 1 is 1.09 bits per heavy atom. The van der Waals surface area contributed by atoms with Gasteiger partial charge >= 0.3 is 6.03 Å². The summed E-state index contributed by atoms with van der Waals surface area (Å²) < 4.78 is 0. The molecule has 23 heavy (non-hydrogen) atoms. The van der Waals surface area contributed by atoms with E-state index in [2.05, 4.69) is 10.2 Å². The molecule has 1 aromatic carbocycles. The summed E-state index contributed by atoms with van der Waals surface area (Å²) in [5.41, 5.74) is 0.918. The minimum atomic E-state index is 0.0415. The third-order valence-electron chi connectivity index (χ3n) is 5.01. The largest absolute Gasteiger partial charge is 0.323 e. The Hall–Kier alpha value is -1.20. The second-order valence-electron chi connectivity index (χ2n) is 6.45. The second kappa shape index (κ2) is 8.06. The molecule has 5 heteroatoms. The van der Waals surface area contributed by atoms with Gasteiger partial charge in [-0.2, -0.15) is 0 Å². The molecule has 0 radical (unpaired) electrons. The van der Waals surface area contributed by atoms with E-state index >= 15 is 0 Å². The van der Waals surface area contributed by atoms with Crippen molar-refractivity contribution in [3.8, 4) is 0 Å². The Bertz CT molecular complexity index is 531. The zero-order chi connectivity index (χ0) is 16.1. The molecular formula is C18H27N3OS. The number of carbonyl (C=O) groups excluding carboxylic acids is 1. The number of amides is 2. The van der Waals surface area contributed by atoms with Crippen LogP contribution in [0, 0.1) is 0 Å². The van der Waals surface area contributed by atoms with Crippen LogP contribution in [0.5, 0.6) is 0 Å². The van der Waals surface area contributed by atoms with E-state index in [-0.39, 0.29) is 6.03 Å². The van der Waals surface area contributed by atoms with Crippen LogP contribution in [0.2, 0.25) is 0 Å². The predicted molar refractivity (Wildman–Crippen MR) is 97.3 cm³/mol. The first-order chi connectivity index (χ1) is 11.3. The fourth-order valence-electron chi connectivity index (χ4n) is 3.72. The standard InChI is InChI=1S/C18H27N3OS/c1-23-17-10-5-4-9-16(17)19-18(22)21-12-6-11-20(13-14-21)15-7-2-3-8-15/h4-5,9-10,15H,2-3,6-8,11-14H2,1H3,(H,19,22). The van der Waals surface area contributed by atoms with Crippen molar-refractivity contribution in [1.29, 1.82) is 0 Å². The van der Waals surface area contributed by atoms with Crippen molar-refractivity contribution in [3.05, 3.63) is 24.3 Å². The van der Waals surface area contributed by atoms with Crippen LogP contribution in [0.15, 0.2) is 29.2 Å². The fourth-order valence-corrected chi connectivity index (χ4v) is 4.27. The lowest BCUT2D eigenvalue weighted by Gasteiger charge is -2.27. The summed E-state index contributed by atoms with van der Waals surface area (Å²) in [5.74, 6) is 0. The van der Waals surface area contributed by atoms with E-state index in [4.69, 9.17) is 0 Å². The van der Waals surface area contributed by atoms with Crippen LogP contribution < -0.4 is 5.32 Å². The van der Waals surface area contributed by atoms with Crippen LogP contribution in [0.25, 0.3) is 0 Å². The number of nitrogens with zero attached hydrogens (tertiary/aromatic N) is 2. The molecule has 3 rings (SSSR count). The topological polar surface area (TPSA) is 35.6 Å². The molecule has 126 valence electrons. The first kappa shape index (κ1) is 16.7. The van der Waals surface area contributed by atoms with Crippen LogP contribution in [-0.2, 0) is 0 Å². The number of hydrogen-bond donors (Lipinski definition) is 1. The van der Waals surface area contributed by atoms with Crippen molar-refractivity contribution in [2.75, 3.05) is 37.8 Å². The quantitative estimate of drug-likeness (QED) is 0.853. The van der Waals surface area contributed by atoms with Crippen molar-refractivity contribution in [2.45, 2.75) is 43.0 Å². The molecule has 2 amide bonds. The van der Waals surface area contributed by atoms with Gasteiger partial charge in [0, 0.05) is 37.1 Å². The zero-order valence-electron chi connectivity index (χ0n) is 14.0. The molecule has 1 saturated heterocycles. The van der Waals surface area contributed by atoms with Gasteiger partial charge in [0.2, 0.25) is 0 Å². The summed E-state index contributed by atoms with van der Waals surface area (Å²) in [5, 5.41) is 3.09. The number of nitrogens with one attached hydrogen (secondary N) is 1. The highest BCUT2D eigenvalue weighted by molar-refractivity contribution is 7.98. The molecule has 1 heterocycles. The normalized spacial score (nSPS) is 20.5. The Morgan fingerprint density at radius 3 is 2.65 bits per heavy atom. The van der Waals surface area contributed by atoms with E-state index in [1.165, 1.54) is 25.7 Å². The number of hydrogen-bond acceptors (Lipinski definition) is 3. The Morgan fingerprint density at radius 2 is 1.87 bits per heavy atom. The summed E-state index contributed by atoms with van der Waals surface area (Å²) in [6.07, 6.45) is 8.54. The molecule has 2 aliphatic rings. The smallest absolute Gasteiger partial charge is 0.321 e. The van der Waals surface area contributed by atoms with Crippen molar-refractivity contribution < 1.29 is 4.79 Å². The van der Waals surface area contributed by atoms with Crippen molar-refractivity contribution in [1.82, 2.24) is 9.80 Å². The molecule has 0 atom stereocenters. The van der Waals surface area contributed by atoms with Gasteiger partial charge in [0.15, 0.2) is 0 Å². The van der Waals surface area contributed by atoms with E-state index in [0.29, 0.717) is 0 Å². The monoisotopic (exact) mass is 333 g/mol. The van der Waals surface area contributed by atoms with Gasteiger partial charge in [0.1, 0.15) is 0 Å². The summed E-state index contributed by atoms with van der Waals surface area (Å²) in [6.45, 7) is 3.85. The average molecular weight is 334 g/mol. The molecule has 0 unspecified atom stereocenters. The van der Waals surface area contributed by atoms with Crippen LogP contribution in [0.1, 0.15) is 32.1 Å². The molecule has 1 aliphatic heterocycles. The number of thioether (sulfide) groups is 1. The average Bonchev–Trinajstić information content (AvgIpc) is 3.00. The molecule has 0 spiro atoms. The van der Waals surface area contributed by atoms with E-state index in [1.807, 2.05) is 35.4 Å². The number of benzene rings is 1. The van der Waals surface area contributed by atoms with Crippen molar-refractivity contribution in [3.63, 3.8) is 0 Å². The molecule has 1 aromatic rings. The van der Waals surface area contributed by atoms with Crippen LogP contribution in [0.4, 0.5) is 10.5 Å². The molecule has 1 saturated carbocycles. The highest BCUT2D eigenvalue weighted by Crippen LogP contribution is 2.26. The van der Waals surface area contributed by atoms with Gasteiger partial charge in [-0.3, -0.25) is 4.90 Å². The van der Waals surface area contributed by atoms with Crippen LogP contribution in [-0.4, -0.2) is 54.3 Å². The van der Waals surface area contributed by atoms with Crippen LogP contribution in [0.3, 0.4) is 0 Å². The van der Waals surface area contributed by atoms with Crippen molar-refractivity contribution in [2.24, 2.45) is 0 Å². The molecule has 0 aromatic heterocycles. The minimum absolute atomic E-state index is 0.0415. The molecule has 2 fully saturated rings. The zero-order valence-corrected chi connectivity index (χ0v) is 14.8. The fraction of sp³-hybridized carbons (Fsp3) is 0.611. The summed E-state index contributed by atoms with van der Waals surface area (Å²) in [4.78, 5) is 18.3. The van der Waals surface area contributed by atoms with E-state index in [9.17, 15) is 4.79 Å². The summed E-state index contributed by atoms with van der Waals surface area (Å²) in [6, 6.07) is 8.80. The third-order valence-corrected chi connectivity index (χ3v) is 5.80. The maximum absolute atomic E-state index is 12.6. The van der Waals surface area contributed by atoms with Gasteiger partial charge in [-0.05, 0) is 37.7 Å². The summed E-state index contributed by atoms with van der Waals surface area (Å²) >= 11 is 1.66. The van der Waals surface area contributed by atoms with E-state index < -0.39 is 0 Å². The molecule has 1 N–H and O–H groups in total. The molecule has 1 aliphatic carbocycles. The lowest BCUT2D eigenvalue weighted by Crippen LogP contribution is -2.40. The Balaban J connectivity index is 1.57. The summed E-state index contributed by atoms with van der Waals surface area (Å²) in [7, 11) is 0. The third kappa shape index (κ3) is 4.21. The number of urea groups is 1. The van der Waals surface area contributed by atoms with Crippen molar-refractivity contribution >= 4 is 23.5 Å². The van der Waals surface area contributed by atoms with Gasteiger partial charge in [0.25, 0.3) is 0 Å². The number of anilines is 1. The lowest BCUT2D eigenvalue weighted by molar-refractivity contribution is 0.195. The van der Waals surface area contributed by atoms with E-state index in [1.54, 1.807) is 11.8 Å². The number of rotatable bonds is 3. The Labute approximate surface area is 143 Å². The second-order valence-corrected chi connectivity index (χ2v) is 7.29. The Kier molecular flexibility index (Phi) is 5.84. The number of carbonyl (C=O) groups is 1. The SMILES string of the molecule is CSc1ccccc1NC(=O)N1CCCN(C2CCCC2)CC1. The molecule has 0 bridgehead atoms. The lowest BCUT2D eigenvalue weighted by atomic mass is 10.2. The first-order valence-electron chi connectivity index (χ1n) is 8.71.